The Kier molecular flexibility index (Phi) is 6.21. The van der Waals surface area contributed by atoms with Crippen molar-refractivity contribution in [2.45, 2.75) is 59.0 Å². The highest BCUT2D eigenvalue weighted by Gasteiger charge is 2.22. The summed E-state index contributed by atoms with van der Waals surface area (Å²) in [4.78, 5) is 23.2. The number of unbranched alkanes of at least 4 members (excludes halogenated alkanes) is 1. The molecule has 1 rings (SSSR count). The van der Waals surface area contributed by atoms with E-state index in [4.69, 9.17) is 5.11 Å². The molecule has 0 aromatic carbocycles. The maximum Gasteiger partial charge on any atom is 0.326 e. The first-order chi connectivity index (χ1) is 9.51. The number of rotatable bonds is 8. The van der Waals surface area contributed by atoms with Gasteiger partial charge in [0, 0.05) is 12.2 Å². The maximum atomic E-state index is 12.1. The number of aliphatic carboxylic acids is 1. The van der Waals surface area contributed by atoms with Gasteiger partial charge in [-0.1, -0.05) is 26.7 Å². The van der Waals surface area contributed by atoms with Crippen molar-refractivity contribution in [1.82, 2.24) is 15.1 Å². The van der Waals surface area contributed by atoms with E-state index in [1.165, 1.54) is 6.20 Å². The number of carbonyl (C=O) groups is 2. The molecule has 6 heteroatoms. The Hall–Kier alpha value is -1.85. The summed E-state index contributed by atoms with van der Waals surface area (Å²) in [5.74, 6) is -1.37. The number of hydrogen-bond donors (Lipinski definition) is 2. The van der Waals surface area contributed by atoms with Gasteiger partial charge >= 0.3 is 5.97 Å². The van der Waals surface area contributed by atoms with Crippen molar-refractivity contribution in [2.24, 2.45) is 0 Å². The van der Waals surface area contributed by atoms with Crippen LogP contribution in [0.25, 0.3) is 0 Å². The van der Waals surface area contributed by atoms with Crippen LogP contribution in [-0.4, -0.2) is 32.8 Å². The fraction of sp³-hybridized carbons (Fsp3) is 0.643. The lowest BCUT2D eigenvalue weighted by atomic mass is 10.1. The first-order valence-electron chi connectivity index (χ1n) is 7.07. The summed E-state index contributed by atoms with van der Waals surface area (Å²) in [6.07, 6.45) is 4.68. The van der Waals surface area contributed by atoms with Gasteiger partial charge in [-0.25, -0.2) is 4.79 Å². The lowest BCUT2D eigenvalue weighted by Gasteiger charge is -2.13. The average molecular weight is 281 g/mol. The fourth-order valence-corrected chi connectivity index (χ4v) is 1.98. The number of aromatic nitrogens is 2. The number of nitrogens with one attached hydrogen (secondary N) is 1. The van der Waals surface area contributed by atoms with E-state index in [1.54, 1.807) is 4.68 Å². The van der Waals surface area contributed by atoms with Crippen molar-refractivity contribution < 1.29 is 14.7 Å². The number of carboxylic acids is 1. The minimum Gasteiger partial charge on any atom is -0.480 e. The summed E-state index contributed by atoms with van der Waals surface area (Å²) in [7, 11) is 0. The van der Waals surface area contributed by atoms with Crippen LogP contribution < -0.4 is 5.32 Å². The third-order valence-electron chi connectivity index (χ3n) is 3.25. The quantitative estimate of drug-likeness (QED) is 0.763. The monoisotopic (exact) mass is 281 g/mol. The van der Waals surface area contributed by atoms with Crippen molar-refractivity contribution in [3.05, 3.63) is 17.5 Å². The third kappa shape index (κ3) is 4.08. The Morgan fingerprint density at radius 2 is 2.10 bits per heavy atom. The number of amides is 1. The zero-order valence-corrected chi connectivity index (χ0v) is 12.3. The zero-order valence-electron chi connectivity index (χ0n) is 12.3. The van der Waals surface area contributed by atoms with Crippen LogP contribution in [0.5, 0.6) is 0 Å². The van der Waals surface area contributed by atoms with E-state index < -0.39 is 12.0 Å². The average Bonchev–Trinajstić information content (AvgIpc) is 2.77. The number of aryl methyl sites for hydroxylation is 1. The Labute approximate surface area is 119 Å². The second-order valence-corrected chi connectivity index (χ2v) is 4.87. The number of nitrogens with zero attached hydrogens (tertiary/aromatic N) is 2. The summed E-state index contributed by atoms with van der Waals surface area (Å²) in [6.45, 7) is 6.57. The van der Waals surface area contributed by atoms with E-state index in [1.807, 2.05) is 13.8 Å². The first-order valence-corrected chi connectivity index (χ1v) is 7.07. The molecule has 1 aromatic rings. The molecule has 0 spiro atoms. The zero-order chi connectivity index (χ0) is 15.1. The number of carbonyl (C=O) groups excluding carboxylic acids is 1. The second-order valence-electron chi connectivity index (χ2n) is 4.87. The third-order valence-corrected chi connectivity index (χ3v) is 3.25. The molecule has 0 aliphatic rings. The molecule has 0 bridgehead atoms. The molecule has 6 nitrogen and oxygen atoms in total. The van der Waals surface area contributed by atoms with E-state index in [2.05, 4.69) is 17.3 Å². The van der Waals surface area contributed by atoms with Gasteiger partial charge in [-0.3, -0.25) is 9.48 Å². The van der Waals surface area contributed by atoms with Crippen LogP contribution in [0.4, 0.5) is 0 Å². The van der Waals surface area contributed by atoms with Crippen LogP contribution in [0.15, 0.2) is 6.20 Å². The van der Waals surface area contributed by atoms with Crippen molar-refractivity contribution in [3.8, 4) is 0 Å². The molecule has 112 valence electrons. The lowest BCUT2D eigenvalue weighted by Crippen LogP contribution is -2.40. The molecule has 0 aliphatic heterocycles. The standard InChI is InChI=1S/C14H23N3O3/c1-4-6-8-17-10(3)11(9-15-17)13(18)16-12(7-5-2)14(19)20/h9,12H,4-8H2,1-3H3,(H,16,18)(H,19,20). The summed E-state index contributed by atoms with van der Waals surface area (Å²) in [6, 6.07) is -0.842. The Balaban J connectivity index is 2.76. The van der Waals surface area contributed by atoms with Gasteiger partial charge in [0.1, 0.15) is 6.04 Å². The van der Waals surface area contributed by atoms with Crippen LogP contribution in [-0.2, 0) is 11.3 Å². The van der Waals surface area contributed by atoms with Gasteiger partial charge in [-0.15, -0.1) is 0 Å². The predicted molar refractivity (Wildman–Crippen MR) is 75.7 cm³/mol. The minimum atomic E-state index is -1.00. The number of carboxylic acid groups (broad SMARTS) is 1. The van der Waals surface area contributed by atoms with Crippen LogP contribution in [0.2, 0.25) is 0 Å². The molecule has 0 saturated heterocycles. The molecule has 0 radical (unpaired) electrons. The maximum absolute atomic E-state index is 12.1. The Morgan fingerprint density at radius 3 is 2.65 bits per heavy atom. The number of hydrogen-bond acceptors (Lipinski definition) is 3. The van der Waals surface area contributed by atoms with Gasteiger partial charge in [0.25, 0.3) is 5.91 Å². The van der Waals surface area contributed by atoms with E-state index in [0.717, 1.165) is 25.1 Å². The van der Waals surface area contributed by atoms with Crippen LogP contribution in [0.1, 0.15) is 55.6 Å². The summed E-state index contributed by atoms with van der Waals surface area (Å²) in [5, 5.41) is 15.8. The Morgan fingerprint density at radius 1 is 1.40 bits per heavy atom. The minimum absolute atomic E-state index is 0.369. The Bertz CT molecular complexity index is 468. The molecule has 0 aliphatic carbocycles. The van der Waals surface area contributed by atoms with Crippen molar-refractivity contribution in [3.63, 3.8) is 0 Å². The van der Waals surface area contributed by atoms with Gasteiger partial charge in [-0.05, 0) is 19.8 Å². The molecule has 1 heterocycles. The van der Waals surface area contributed by atoms with E-state index in [-0.39, 0.29) is 5.91 Å². The first kappa shape index (κ1) is 16.2. The molecular formula is C14H23N3O3. The van der Waals surface area contributed by atoms with Gasteiger partial charge in [0.05, 0.1) is 11.8 Å². The van der Waals surface area contributed by atoms with Crippen LogP contribution in [0, 0.1) is 6.92 Å². The lowest BCUT2D eigenvalue weighted by molar-refractivity contribution is -0.139. The highest BCUT2D eigenvalue weighted by Crippen LogP contribution is 2.09. The van der Waals surface area contributed by atoms with E-state index in [9.17, 15) is 9.59 Å². The second kappa shape index (κ2) is 7.67. The highest BCUT2D eigenvalue weighted by atomic mass is 16.4. The molecule has 1 amide bonds. The van der Waals surface area contributed by atoms with Crippen molar-refractivity contribution >= 4 is 11.9 Å². The summed E-state index contributed by atoms with van der Waals surface area (Å²) in [5.41, 5.74) is 1.22. The molecule has 0 saturated carbocycles. The molecule has 1 atom stereocenters. The van der Waals surface area contributed by atoms with Crippen molar-refractivity contribution in [1.29, 1.82) is 0 Å². The van der Waals surface area contributed by atoms with Crippen LogP contribution in [0.3, 0.4) is 0 Å². The van der Waals surface area contributed by atoms with E-state index >= 15 is 0 Å². The SMILES string of the molecule is CCCCn1ncc(C(=O)NC(CCC)C(=O)O)c1C. The summed E-state index contributed by atoms with van der Waals surface area (Å²) < 4.78 is 1.79. The van der Waals surface area contributed by atoms with Crippen molar-refractivity contribution in [2.75, 3.05) is 0 Å². The largest absolute Gasteiger partial charge is 0.480 e. The molecule has 0 fully saturated rings. The molecular weight excluding hydrogens is 258 g/mol. The molecule has 1 aromatic heterocycles. The smallest absolute Gasteiger partial charge is 0.326 e. The molecule has 2 N–H and O–H groups in total. The highest BCUT2D eigenvalue weighted by molar-refractivity contribution is 5.97. The predicted octanol–water partition coefficient (Wildman–Crippen LogP) is 1.97. The van der Waals surface area contributed by atoms with Crippen LogP contribution >= 0.6 is 0 Å². The molecule has 20 heavy (non-hydrogen) atoms. The van der Waals surface area contributed by atoms with Gasteiger partial charge in [0.2, 0.25) is 0 Å². The normalized spacial score (nSPS) is 12.2. The topological polar surface area (TPSA) is 84.2 Å². The van der Waals surface area contributed by atoms with E-state index in [0.29, 0.717) is 18.4 Å². The van der Waals surface area contributed by atoms with Gasteiger partial charge < -0.3 is 10.4 Å². The molecule has 1 unspecified atom stereocenters. The van der Waals surface area contributed by atoms with Gasteiger partial charge in [0.15, 0.2) is 0 Å². The fourth-order valence-electron chi connectivity index (χ4n) is 1.98. The summed E-state index contributed by atoms with van der Waals surface area (Å²) >= 11 is 0. The van der Waals surface area contributed by atoms with Gasteiger partial charge in [-0.2, -0.15) is 5.10 Å².